The predicted octanol–water partition coefficient (Wildman–Crippen LogP) is 3.00. The smallest absolute Gasteiger partial charge is 0.241 e. The van der Waals surface area contributed by atoms with Crippen LogP contribution in [0.15, 0.2) is 0 Å². The van der Waals surface area contributed by atoms with Gasteiger partial charge >= 0.3 is 0 Å². The maximum absolute atomic E-state index is 12.7. The number of rotatable bonds is 4. The Morgan fingerprint density at radius 3 is 2.65 bits per heavy atom. The third-order valence-electron chi connectivity index (χ3n) is 5.35. The van der Waals surface area contributed by atoms with Crippen LogP contribution in [0, 0.1) is 5.92 Å². The van der Waals surface area contributed by atoms with Crippen molar-refractivity contribution in [2.45, 2.75) is 82.3 Å². The van der Waals surface area contributed by atoms with Crippen LogP contribution < -0.4 is 5.32 Å². The van der Waals surface area contributed by atoms with Gasteiger partial charge in [-0.1, -0.05) is 26.2 Å². The quantitative estimate of drug-likeness (QED) is 0.865. The molecule has 1 N–H and O–H groups in total. The molecule has 1 amide bonds. The molecule has 0 bridgehead atoms. The van der Waals surface area contributed by atoms with Gasteiger partial charge in [0.25, 0.3) is 0 Å². The lowest BCUT2D eigenvalue weighted by Gasteiger charge is -2.36. The van der Waals surface area contributed by atoms with Crippen LogP contribution in [0.5, 0.6) is 0 Å². The van der Waals surface area contributed by atoms with E-state index in [4.69, 9.17) is 0 Å². The molecule has 3 aliphatic rings. The Kier molecular flexibility index (Phi) is 4.61. The number of carbonyl (C=O) groups excluding carboxylic acids is 1. The predicted molar refractivity (Wildman–Crippen MR) is 84.7 cm³/mol. The fraction of sp³-hybridized carbons (Fsp3) is 0.938. The highest BCUT2D eigenvalue weighted by atomic mass is 32.2. The summed E-state index contributed by atoms with van der Waals surface area (Å²) in [6.07, 6.45) is 9.40. The molecular weight excluding hydrogens is 268 g/mol. The zero-order valence-electron chi connectivity index (χ0n) is 12.8. The summed E-state index contributed by atoms with van der Waals surface area (Å²) in [5, 5.41) is 4.27. The number of amides is 1. The highest BCUT2D eigenvalue weighted by Gasteiger charge is 2.47. The first-order valence-corrected chi connectivity index (χ1v) is 9.47. The van der Waals surface area contributed by atoms with Crippen LogP contribution in [0.25, 0.3) is 0 Å². The van der Waals surface area contributed by atoms with Gasteiger partial charge in [-0.3, -0.25) is 10.1 Å². The number of nitrogens with one attached hydrogen (secondary N) is 1. The molecule has 0 aromatic rings. The van der Waals surface area contributed by atoms with Gasteiger partial charge in [-0.15, -0.1) is 0 Å². The van der Waals surface area contributed by atoms with Gasteiger partial charge in [0.05, 0.1) is 12.2 Å². The Balaban J connectivity index is 1.78. The van der Waals surface area contributed by atoms with Crippen molar-refractivity contribution in [2.75, 3.05) is 5.75 Å². The lowest BCUT2D eigenvalue weighted by Crippen LogP contribution is -2.50. The van der Waals surface area contributed by atoms with E-state index in [1.165, 1.54) is 50.7 Å². The molecule has 0 radical (unpaired) electrons. The highest BCUT2D eigenvalue weighted by Crippen LogP contribution is 2.39. The maximum Gasteiger partial charge on any atom is 0.241 e. The minimum absolute atomic E-state index is 0.0217. The second-order valence-corrected chi connectivity index (χ2v) is 8.13. The average molecular weight is 296 g/mol. The first kappa shape index (κ1) is 14.7. The van der Waals surface area contributed by atoms with E-state index in [9.17, 15) is 4.79 Å². The summed E-state index contributed by atoms with van der Waals surface area (Å²) >= 11 is 2.06. The van der Waals surface area contributed by atoms with Gasteiger partial charge in [0.1, 0.15) is 0 Å². The standard InChI is InChI=1S/C16H28N2OS/c1-3-20-14-10-6-9-13(14)18-15(12-7-4-5-8-12)17-11(2)16(18)19/h11-15,17H,3-10H2,1-2H3. The third-order valence-corrected chi connectivity index (χ3v) is 6.66. The Morgan fingerprint density at radius 1 is 1.20 bits per heavy atom. The Hall–Kier alpha value is -0.220. The molecule has 0 aromatic heterocycles. The molecular formula is C16H28N2OS. The number of thioether (sulfide) groups is 1. The molecule has 3 nitrogen and oxygen atoms in total. The zero-order chi connectivity index (χ0) is 14.1. The van der Waals surface area contributed by atoms with Gasteiger partial charge in [0.15, 0.2) is 0 Å². The fourth-order valence-corrected chi connectivity index (χ4v) is 5.66. The fourth-order valence-electron chi connectivity index (χ4n) is 4.41. The molecule has 2 saturated carbocycles. The highest BCUT2D eigenvalue weighted by molar-refractivity contribution is 7.99. The molecule has 1 aliphatic heterocycles. The molecule has 2 aliphatic carbocycles. The number of hydrogen-bond acceptors (Lipinski definition) is 3. The molecule has 3 rings (SSSR count). The van der Waals surface area contributed by atoms with Crippen molar-refractivity contribution in [3.63, 3.8) is 0 Å². The monoisotopic (exact) mass is 296 g/mol. The van der Waals surface area contributed by atoms with Crippen molar-refractivity contribution in [2.24, 2.45) is 5.92 Å². The van der Waals surface area contributed by atoms with Crippen molar-refractivity contribution >= 4 is 17.7 Å². The van der Waals surface area contributed by atoms with Gasteiger partial charge < -0.3 is 4.90 Å². The van der Waals surface area contributed by atoms with Gasteiger partial charge in [-0.2, -0.15) is 11.8 Å². The molecule has 4 atom stereocenters. The van der Waals surface area contributed by atoms with E-state index >= 15 is 0 Å². The van der Waals surface area contributed by atoms with Crippen LogP contribution in [-0.4, -0.2) is 40.1 Å². The van der Waals surface area contributed by atoms with Crippen LogP contribution in [-0.2, 0) is 4.79 Å². The Bertz CT molecular complexity index is 356. The molecule has 1 heterocycles. The van der Waals surface area contributed by atoms with Crippen LogP contribution >= 0.6 is 11.8 Å². The topological polar surface area (TPSA) is 32.3 Å². The van der Waals surface area contributed by atoms with E-state index in [2.05, 4.69) is 28.9 Å². The van der Waals surface area contributed by atoms with E-state index in [1.54, 1.807) is 0 Å². The van der Waals surface area contributed by atoms with Gasteiger partial charge in [0.2, 0.25) is 5.91 Å². The average Bonchev–Trinajstić information content (AvgIpc) is 3.13. The number of nitrogens with zero attached hydrogens (tertiary/aromatic N) is 1. The molecule has 0 spiro atoms. The van der Waals surface area contributed by atoms with E-state index < -0.39 is 0 Å². The van der Waals surface area contributed by atoms with Crippen molar-refractivity contribution in [1.82, 2.24) is 10.2 Å². The Labute approximate surface area is 127 Å². The van der Waals surface area contributed by atoms with Crippen molar-refractivity contribution in [1.29, 1.82) is 0 Å². The summed E-state index contributed by atoms with van der Waals surface area (Å²) in [5.41, 5.74) is 0. The second-order valence-electron chi connectivity index (χ2n) is 6.62. The normalized spacial score (nSPS) is 39.1. The lowest BCUT2D eigenvalue weighted by atomic mass is 10.0. The minimum Gasteiger partial charge on any atom is -0.321 e. The molecule has 4 heteroatoms. The SMILES string of the molecule is CCSC1CCCC1N1C(=O)C(C)NC1C1CCCC1. The van der Waals surface area contributed by atoms with E-state index in [1.807, 2.05) is 6.92 Å². The van der Waals surface area contributed by atoms with Crippen molar-refractivity contribution in [3.05, 3.63) is 0 Å². The molecule has 20 heavy (non-hydrogen) atoms. The van der Waals surface area contributed by atoms with Crippen LogP contribution in [0.2, 0.25) is 0 Å². The van der Waals surface area contributed by atoms with Crippen LogP contribution in [0.3, 0.4) is 0 Å². The summed E-state index contributed by atoms with van der Waals surface area (Å²) < 4.78 is 0. The molecule has 114 valence electrons. The maximum atomic E-state index is 12.7. The largest absolute Gasteiger partial charge is 0.321 e. The Morgan fingerprint density at radius 2 is 1.95 bits per heavy atom. The molecule has 4 unspecified atom stereocenters. The summed E-state index contributed by atoms with van der Waals surface area (Å²) in [5.74, 6) is 2.22. The van der Waals surface area contributed by atoms with Crippen molar-refractivity contribution in [3.8, 4) is 0 Å². The first-order chi connectivity index (χ1) is 9.72. The summed E-state index contributed by atoms with van der Waals surface area (Å²) in [4.78, 5) is 14.9. The minimum atomic E-state index is 0.0217. The summed E-state index contributed by atoms with van der Waals surface area (Å²) in [7, 11) is 0. The number of hydrogen-bond donors (Lipinski definition) is 1. The second kappa shape index (κ2) is 6.27. The summed E-state index contributed by atoms with van der Waals surface area (Å²) in [6.45, 7) is 4.28. The van der Waals surface area contributed by atoms with Gasteiger partial charge in [-0.25, -0.2) is 0 Å². The molecule has 1 saturated heterocycles. The van der Waals surface area contributed by atoms with Crippen molar-refractivity contribution < 1.29 is 4.79 Å². The summed E-state index contributed by atoms with van der Waals surface area (Å²) in [6, 6.07) is 0.504. The van der Waals surface area contributed by atoms with Crippen LogP contribution in [0.4, 0.5) is 0 Å². The first-order valence-electron chi connectivity index (χ1n) is 8.42. The molecule has 0 aromatic carbocycles. The van der Waals surface area contributed by atoms with E-state index in [0.717, 1.165) is 0 Å². The van der Waals surface area contributed by atoms with Gasteiger partial charge in [0, 0.05) is 11.3 Å². The molecule has 3 fully saturated rings. The zero-order valence-corrected chi connectivity index (χ0v) is 13.6. The van der Waals surface area contributed by atoms with E-state index in [0.29, 0.717) is 29.3 Å². The van der Waals surface area contributed by atoms with Crippen LogP contribution in [0.1, 0.15) is 58.8 Å². The van der Waals surface area contributed by atoms with Gasteiger partial charge in [-0.05, 0) is 44.3 Å². The number of carbonyl (C=O) groups is 1. The van der Waals surface area contributed by atoms with E-state index in [-0.39, 0.29) is 6.04 Å². The lowest BCUT2D eigenvalue weighted by molar-refractivity contribution is -0.132. The third kappa shape index (κ3) is 2.61.